The smallest absolute Gasteiger partial charge is 0.331 e. The highest BCUT2D eigenvalue weighted by Crippen LogP contribution is 2.31. The van der Waals surface area contributed by atoms with E-state index in [0.29, 0.717) is 5.56 Å². The van der Waals surface area contributed by atoms with Crippen molar-refractivity contribution in [3.63, 3.8) is 0 Å². The molecule has 2 heterocycles. The molecule has 1 aromatic heterocycles. The molecular weight excluding hydrogens is 288 g/mol. The zero-order valence-corrected chi connectivity index (χ0v) is 12.2. The highest BCUT2D eigenvalue weighted by atomic mass is 32.2. The zero-order chi connectivity index (χ0) is 14.8. The molecule has 2 N–H and O–H groups in total. The lowest BCUT2D eigenvalue weighted by atomic mass is 10.1. The van der Waals surface area contributed by atoms with Crippen LogP contribution in [-0.4, -0.2) is 26.2 Å². The van der Waals surface area contributed by atoms with Gasteiger partial charge in [-0.1, -0.05) is 30.3 Å². The third kappa shape index (κ3) is 2.63. The Kier molecular flexibility index (Phi) is 3.88. The fraction of sp³-hybridized carbons (Fsp3) is 0.333. The third-order valence-electron chi connectivity index (χ3n) is 3.74. The molecule has 0 spiro atoms. The van der Waals surface area contributed by atoms with Gasteiger partial charge in [0.2, 0.25) is 5.88 Å². The van der Waals surface area contributed by atoms with Gasteiger partial charge in [-0.25, -0.2) is 4.79 Å². The molecule has 1 saturated heterocycles. The summed E-state index contributed by atoms with van der Waals surface area (Å²) in [6.45, 7) is 0. The molecule has 0 atom stereocenters. The Morgan fingerprint density at radius 1 is 1.14 bits per heavy atom. The number of rotatable bonds is 2. The summed E-state index contributed by atoms with van der Waals surface area (Å²) in [5.74, 6) is 1.68. The summed E-state index contributed by atoms with van der Waals surface area (Å²) in [5.41, 5.74) is -0.317. The van der Waals surface area contributed by atoms with Gasteiger partial charge in [0.05, 0.1) is 0 Å². The zero-order valence-electron chi connectivity index (χ0n) is 11.4. The SMILES string of the molecule is O=c1[nH]c(=O)n(C2CCSCC2)c(O)c1-c1ccccc1. The van der Waals surface area contributed by atoms with E-state index in [1.54, 1.807) is 24.3 Å². The van der Waals surface area contributed by atoms with Crippen LogP contribution in [0.25, 0.3) is 11.1 Å². The van der Waals surface area contributed by atoms with Gasteiger partial charge in [-0.3, -0.25) is 14.3 Å². The lowest BCUT2D eigenvalue weighted by molar-refractivity contribution is 0.350. The van der Waals surface area contributed by atoms with Crippen LogP contribution >= 0.6 is 11.8 Å². The lowest BCUT2D eigenvalue weighted by Gasteiger charge is -2.24. The number of benzene rings is 1. The number of H-pyrrole nitrogens is 1. The Bertz CT molecular complexity index is 746. The van der Waals surface area contributed by atoms with E-state index in [4.69, 9.17) is 0 Å². The maximum atomic E-state index is 12.1. The number of hydrogen-bond donors (Lipinski definition) is 2. The number of aromatic hydroxyl groups is 1. The van der Waals surface area contributed by atoms with Gasteiger partial charge in [0, 0.05) is 6.04 Å². The first-order valence-corrected chi connectivity index (χ1v) is 8.05. The van der Waals surface area contributed by atoms with E-state index in [1.807, 2.05) is 17.8 Å². The van der Waals surface area contributed by atoms with E-state index < -0.39 is 11.2 Å². The molecule has 1 aromatic carbocycles. The third-order valence-corrected chi connectivity index (χ3v) is 4.79. The van der Waals surface area contributed by atoms with Crippen LogP contribution < -0.4 is 11.2 Å². The summed E-state index contributed by atoms with van der Waals surface area (Å²) in [6.07, 6.45) is 1.64. The van der Waals surface area contributed by atoms with E-state index in [2.05, 4.69) is 4.98 Å². The minimum atomic E-state index is -0.551. The Balaban J connectivity index is 2.18. The number of nitrogens with one attached hydrogen (secondary N) is 1. The molecule has 2 aromatic rings. The topological polar surface area (TPSA) is 75.1 Å². The van der Waals surface area contributed by atoms with Crippen molar-refractivity contribution in [2.45, 2.75) is 18.9 Å². The van der Waals surface area contributed by atoms with Crippen LogP contribution in [-0.2, 0) is 0 Å². The van der Waals surface area contributed by atoms with Crippen molar-refractivity contribution in [2.24, 2.45) is 0 Å². The van der Waals surface area contributed by atoms with E-state index >= 15 is 0 Å². The van der Waals surface area contributed by atoms with Gasteiger partial charge in [0.1, 0.15) is 5.56 Å². The quantitative estimate of drug-likeness (QED) is 0.889. The minimum Gasteiger partial charge on any atom is -0.494 e. The number of aromatic nitrogens is 2. The van der Waals surface area contributed by atoms with Crippen LogP contribution in [0.4, 0.5) is 0 Å². The van der Waals surface area contributed by atoms with Crippen molar-refractivity contribution in [3.8, 4) is 17.0 Å². The van der Waals surface area contributed by atoms with E-state index in [0.717, 1.165) is 24.3 Å². The van der Waals surface area contributed by atoms with Gasteiger partial charge < -0.3 is 5.11 Å². The first-order chi connectivity index (χ1) is 10.2. The van der Waals surface area contributed by atoms with Gasteiger partial charge in [-0.05, 0) is 29.9 Å². The van der Waals surface area contributed by atoms with Crippen molar-refractivity contribution in [1.82, 2.24) is 9.55 Å². The standard InChI is InChI=1S/C15H16N2O3S/c18-13-12(10-4-2-1-3-5-10)14(19)17(15(20)16-13)11-6-8-21-9-7-11/h1-5,11,19H,6-9H2,(H,16,18,20). The molecule has 110 valence electrons. The maximum absolute atomic E-state index is 12.1. The second-order valence-electron chi connectivity index (χ2n) is 5.04. The van der Waals surface area contributed by atoms with Crippen molar-refractivity contribution in [2.75, 3.05) is 11.5 Å². The van der Waals surface area contributed by atoms with Gasteiger partial charge >= 0.3 is 5.69 Å². The van der Waals surface area contributed by atoms with Crippen molar-refractivity contribution < 1.29 is 5.11 Å². The average molecular weight is 304 g/mol. The highest BCUT2D eigenvalue weighted by Gasteiger charge is 2.23. The predicted molar refractivity (Wildman–Crippen MR) is 84.0 cm³/mol. The Morgan fingerprint density at radius 2 is 1.81 bits per heavy atom. The van der Waals surface area contributed by atoms with Crippen LogP contribution in [0.3, 0.4) is 0 Å². The van der Waals surface area contributed by atoms with E-state index in [1.165, 1.54) is 4.57 Å². The lowest BCUT2D eigenvalue weighted by Crippen LogP contribution is -2.34. The van der Waals surface area contributed by atoms with Crippen molar-refractivity contribution >= 4 is 11.8 Å². The van der Waals surface area contributed by atoms with Crippen molar-refractivity contribution in [3.05, 3.63) is 51.2 Å². The highest BCUT2D eigenvalue weighted by molar-refractivity contribution is 7.99. The number of hydrogen-bond acceptors (Lipinski definition) is 4. The molecule has 0 unspecified atom stereocenters. The molecule has 5 nitrogen and oxygen atoms in total. The average Bonchev–Trinajstić information content (AvgIpc) is 2.49. The monoisotopic (exact) mass is 304 g/mol. The number of thioether (sulfide) groups is 1. The van der Waals surface area contributed by atoms with Gasteiger partial charge in [-0.2, -0.15) is 11.8 Å². The molecule has 6 heteroatoms. The van der Waals surface area contributed by atoms with Gasteiger partial charge in [0.25, 0.3) is 5.56 Å². The largest absolute Gasteiger partial charge is 0.494 e. The van der Waals surface area contributed by atoms with Crippen LogP contribution in [0.15, 0.2) is 39.9 Å². The fourth-order valence-electron chi connectivity index (χ4n) is 2.69. The molecule has 0 radical (unpaired) electrons. The van der Waals surface area contributed by atoms with Crippen LogP contribution in [0.1, 0.15) is 18.9 Å². The summed E-state index contributed by atoms with van der Waals surface area (Å²) in [6, 6.07) is 8.86. The molecule has 0 bridgehead atoms. The second-order valence-corrected chi connectivity index (χ2v) is 6.26. The molecule has 0 saturated carbocycles. The Hall–Kier alpha value is -1.95. The van der Waals surface area contributed by atoms with E-state index in [-0.39, 0.29) is 17.5 Å². The summed E-state index contributed by atoms with van der Waals surface area (Å²) >= 11 is 1.84. The maximum Gasteiger partial charge on any atom is 0.331 e. The first kappa shape index (κ1) is 14.0. The molecule has 1 aliphatic heterocycles. The summed E-state index contributed by atoms with van der Waals surface area (Å²) in [4.78, 5) is 26.5. The van der Waals surface area contributed by atoms with Crippen LogP contribution in [0.2, 0.25) is 0 Å². The van der Waals surface area contributed by atoms with E-state index in [9.17, 15) is 14.7 Å². The summed E-state index contributed by atoms with van der Waals surface area (Å²) in [5, 5.41) is 10.5. The minimum absolute atomic E-state index is 0.0573. The Morgan fingerprint density at radius 3 is 2.48 bits per heavy atom. The Labute approximate surface area is 125 Å². The second kappa shape index (κ2) is 5.81. The van der Waals surface area contributed by atoms with Crippen LogP contribution in [0.5, 0.6) is 5.88 Å². The number of aromatic amines is 1. The fourth-order valence-corrected chi connectivity index (χ4v) is 3.77. The molecule has 0 aliphatic carbocycles. The molecule has 3 rings (SSSR count). The summed E-state index contributed by atoms with van der Waals surface area (Å²) < 4.78 is 1.34. The summed E-state index contributed by atoms with van der Waals surface area (Å²) in [7, 11) is 0. The normalized spacial score (nSPS) is 16.0. The molecule has 1 aliphatic rings. The molecule has 1 fully saturated rings. The van der Waals surface area contributed by atoms with Gasteiger partial charge in [-0.15, -0.1) is 0 Å². The molecule has 0 amide bonds. The van der Waals surface area contributed by atoms with Gasteiger partial charge in [0.15, 0.2) is 0 Å². The van der Waals surface area contributed by atoms with Crippen LogP contribution in [0, 0.1) is 0 Å². The molecule has 21 heavy (non-hydrogen) atoms. The first-order valence-electron chi connectivity index (χ1n) is 6.89. The molecular formula is C15H16N2O3S. The van der Waals surface area contributed by atoms with Crippen molar-refractivity contribution in [1.29, 1.82) is 0 Å². The number of nitrogens with zero attached hydrogens (tertiary/aromatic N) is 1. The predicted octanol–water partition coefficient (Wildman–Crippen LogP) is 1.98.